The summed E-state index contributed by atoms with van der Waals surface area (Å²) in [6.45, 7) is 4.11. The van der Waals surface area contributed by atoms with Gasteiger partial charge in [-0.05, 0) is 32.4 Å². The van der Waals surface area contributed by atoms with E-state index in [4.69, 9.17) is 4.74 Å². The van der Waals surface area contributed by atoms with E-state index in [9.17, 15) is 4.79 Å². The van der Waals surface area contributed by atoms with Crippen molar-refractivity contribution in [3.63, 3.8) is 0 Å². The number of fused-ring (bicyclic) bond motifs is 3. The van der Waals surface area contributed by atoms with Crippen LogP contribution in [-0.4, -0.2) is 37.9 Å². The number of para-hydroxylation sites is 1. The van der Waals surface area contributed by atoms with Crippen molar-refractivity contribution >= 4 is 34.3 Å². The first kappa shape index (κ1) is 15.7. The second-order valence-electron chi connectivity index (χ2n) is 5.06. The van der Waals surface area contributed by atoms with E-state index in [2.05, 4.69) is 15.1 Å². The summed E-state index contributed by atoms with van der Waals surface area (Å²) in [4.78, 5) is 20.6. The fourth-order valence-corrected chi connectivity index (χ4v) is 3.22. The normalized spacial score (nSPS) is 11.2. The smallest absolute Gasteiger partial charge is 0.305 e. The zero-order chi connectivity index (χ0) is 16.2. The van der Waals surface area contributed by atoms with Crippen molar-refractivity contribution in [2.24, 2.45) is 0 Å². The van der Waals surface area contributed by atoms with E-state index in [1.807, 2.05) is 38.1 Å². The van der Waals surface area contributed by atoms with Crippen molar-refractivity contribution in [1.29, 1.82) is 0 Å². The summed E-state index contributed by atoms with van der Waals surface area (Å²) in [5, 5.41) is 6.22. The maximum absolute atomic E-state index is 11.4. The minimum atomic E-state index is -0.152. The molecule has 23 heavy (non-hydrogen) atoms. The first-order valence-corrected chi connectivity index (χ1v) is 8.58. The third-order valence-corrected chi connectivity index (χ3v) is 4.33. The standard InChI is InChI=1S/C16H18N4O2S/c1-3-22-14(21)9-6-10-23-16-18-13-8-5-4-7-12(13)15-17-11(2)19-20(15)16/h4-5,7-8H,3,6,9-10H2,1-2H3. The Balaban J connectivity index is 1.80. The average molecular weight is 330 g/mol. The number of aromatic nitrogens is 4. The Morgan fingerprint density at radius 3 is 2.96 bits per heavy atom. The molecule has 0 aliphatic rings. The van der Waals surface area contributed by atoms with E-state index < -0.39 is 0 Å². The second kappa shape index (κ2) is 6.95. The Bertz CT molecular complexity index is 847. The molecule has 0 fully saturated rings. The van der Waals surface area contributed by atoms with Gasteiger partial charge < -0.3 is 4.74 Å². The zero-order valence-electron chi connectivity index (χ0n) is 13.2. The van der Waals surface area contributed by atoms with E-state index in [1.165, 1.54) is 0 Å². The van der Waals surface area contributed by atoms with E-state index >= 15 is 0 Å². The van der Waals surface area contributed by atoms with Gasteiger partial charge in [0.2, 0.25) is 0 Å². The molecule has 0 unspecified atom stereocenters. The molecule has 2 heterocycles. The number of hydrogen-bond acceptors (Lipinski definition) is 6. The minimum Gasteiger partial charge on any atom is -0.466 e. The Morgan fingerprint density at radius 1 is 1.30 bits per heavy atom. The predicted octanol–water partition coefficient (Wildman–Crippen LogP) is 3.02. The highest BCUT2D eigenvalue weighted by atomic mass is 32.2. The summed E-state index contributed by atoms with van der Waals surface area (Å²) in [5.74, 6) is 1.34. The van der Waals surface area contributed by atoms with Crippen LogP contribution in [-0.2, 0) is 9.53 Å². The molecular weight excluding hydrogens is 312 g/mol. The molecule has 7 heteroatoms. The van der Waals surface area contributed by atoms with Crippen molar-refractivity contribution in [3.8, 4) is 0 Å². The van der Waals surface area contributed by atoms with Gasteiger partial charge in [0.15, 0.2) is 10.8 Å². The molecular formula is C16H18N4O2S. The molecule has 0 spiro atoms. The molecule has 0 atom stereocenters. The number of rotatable bonds is 6. The molecule has 0 radical (unpaired) electrons. The van der Waals surface area contributed by atoms with Crippen molar-refractivity contribution in [2.75, 3.05) is 12.4 Å². The molecule has 0 bridgehead atoms. The molecule has 1 aromatic carbocycles. The lowest BCUT2D eigenvalue weighted by Gasteiger charge is -2.06. The average Bonchev–Trinajstić information content (AvgIpc) is 2.93. The largest absolute Gasteiger partial charge is 0.466 e. The number of carbonyl (C=O) groups is 1. The lowest BCUT2D eigenvalue weighted by Crippen LogP contribution is -2.04. The number of hydrogen-bond donors (Lipinski definition) is 0. The van der Waals surface area contributed by atoms with Crippen LogP contribution in [0.25, 0.3) is 16.6 Å². The molecule has 0 amide bonds. The first-order chi connectivity index (χ1) is 11.2. The Hall–Kier alpha value is -2.15. The van der Waals surface area contributed by atoms with Gasteiger partial charge in [0.25, 0.3) is 0 Å². The van der Waals surface area contributed by atoms with Gasteiger partial charge in [-0.25, -0.2) is 9.97 Å². The molecule has 6 nitrogen and oxygen atoms in total. The van der Waals surface area contributed by atoms with Crippen LogP contribution in [0.4, 0.5) is 0 Å². The monoisotopic (exact) mass is 330 g/mol. The highest BCUT2D eigenvalue weighted by Gasteiger charge is 2.12. The lowest BCUT2D eigenvalue weighted by atomic mass is 10.2. The van der Waals surface area contributed by atoms with Crippen LogP contribution in [0.5, 0.6) is 0 Å². The topological polar surface area (TPSA) is 69.4 Å². The Kier molecular flexibility index (Phi) is 4.76. The summed E-state index contributed by atoms with van der Waals surface area (Å²) in [7, 11) is 0. The summed E-state index contributed by atoms with van der Waals surface area (Å²) >= 11 is 1.58. The molecule has 2 aromatic heterocycles. The van der Waals surface area contributed by atoms with E-state index in [1.54, 1.807) is 16.3 Å². The van der Waals surface area contributed by atoms with Crippen molar-refractivity contribution in [1.82, 2.24) is 19.6 Å². The maximum Gasteiger partial charge on any atom is 0.305 e. The number of nitrogens with zero attached hydrogens (tertiary/aromatic N) is 4. The van der Waals surface area contributed by atoms with Crippen LogP contribution in [0.2, 0.25) is 0 Å². The molecule has 3 rings (SSSR count). The molecule has 120 valence electrons. The third-order valence-electron chi connectivity index (χ3n) is 3.32. The number of aryl methyl sites for hydroxylation is 1. The summed E-state index contributed by atoms with van der Waals surface area (Å²) in [6.07, 6.45) is 1.17. The Morgan fingerprint density at radius 2 is 2.13 bits per heavy atom. The van der Waals surface area contributed by atoms with E-state index in [-0.39, 0.29) is 5.97 Å². The van der Waals surface area contributed by atoms with Gasteiger partial charge in [-0.3, -0.25) is 4.79 Å². The van der Waals surface area contributed by atoms with E-state index in [0.29, 0.717) is 13.0 Å². The number of thioether (sulfide) groups is 1. The van der Waals surface area contributed by atoms with Crippen LogP contribution in [0.1, 0.15) is 25.6 Å². The Labute approximate surface area is 138 Å². The van der Waals surface area contributed by atoms with Crippen LogP contribution in [0, 0.1) is 6.92 Å². The lowest BCUT2D eigenvalue weighted by molar-refractivity contribution is -0.143. The molecule has 0 aliphatic heterocycles. The first-order valence-electron chi connectivity index (χ1n) is 7.59. The quantitative estimate of drug-likeness (QED) is 0.299. The number of ether oxygens (including phenoxy) is 1. The van der Waals surface area contributed by atoms with Crippen molar-refractivity contribution in [2.45, 2.75) is 31.8 Å². The number of esters is 1. The van der Waals surface area contributed by atoms with Gasteiger partial charge >= 0.3 is 5.97 Å². The number of carbonyl (C=O) groups excluding carboxylic acids is 1. The van der Waals surface area contributed by atoms with Gasteiger partial charge in [-0.1, -0.05) is 23.9 Å². The van der Waals surface area contributed by atoms with Gasteiger partial charge in [0, 0.05) is 17.6 Å². The summed E-state index contributed by atoms with van der Waals surface area (Å²) < 4.78 is 6.72. The molecule has 0 aliphatic carbocycles. The van der Waals surface area contributed by atoms with Gasteiger partial charge in [-0.2, -0.15) is 4.52 Å². The highest BCUT2D eigenvalue weighted by Crippen LogP contribution is 2.24. The molecule has 0 saturated heterocycles. The minimum absolute atomic E-state index is 0.152. The fourth-order valence-electron chi connectivity index (χ4n) is 2.34. The van der Waals surface area contributed by atoms with Crippen molar-refractivity contribution < 1.29 is 9.53 Å². The fraction of sp³-hybridized carbons (Fsp3) is 0.375. The summed E-state index contributed by atoms with van der Waals surface area (Å²) in [5.41, 5.74) is 1.72. The third kappa shape index (κ3) is 3.44. The van der Waals surface area contributed by atoms with Crippen LogP contribution in [0.15, 0.2) is 29.4 Å². The number of benzene rings is 1. The van der Waals surface area contributed by atoms with Crippen molar-refractivity contribution in [3.05, 3.63) is 30.1 Å². The SMILES string of the molecule is CCOC(=O)CCCSc1nc2ccccc2c2nc(C)nn12. The molecule has 0 N–H and O–H groups in total. The second-order valence-corrected chi connectivity index (χ2v) is 6.13. The van der Waals surface area contributed by atoms with Gasteiger partial charge in [0.05, 0.1) is 12.1 Å². The van der Waals surface area contributed by atoms with Gasteiger partial charge in [-0.15, -0.1) is 5.10 Å². The molecule has 0 saturated carbocycles. The van der Waals surface area contributed by atoms with Gasteiger partial charge in [0.1, 0.15) is 5.82 Å². The van der Waals surface area contributed by atoms with E-state index in [0.717, 1.165) is 39.7 Å². The van der Waals surface area contributed by atoms with Crippen LogP contribution < -0.4 is 0 Å². The molecule has 3 aromatic rings. The van der Waals surface area contributed by atoms with Crippen LogP contribution in [0.3, 0.4) is 0 Å². The maximum atomic E-state index is 11.4. The van der Waals surface area contributed by atoms with Crippen LogP contribution >= 0.6 is 11.8 Å². The highest BCUT2D eigenvalue weighted by molar-refractivity contribution is 7.99. The zero-order valence-corrected chi connectivity index (χ0v) is 14.0. The summed E-state index contributed by atoms with van der Waals surface area (Å²) in [6, 6.07) is 7.91. The predicted molar refractivity (Wildman–Crippen MR) is 89.6 cm³/mol.